The third kappa shape index (κ3) is 4.49. The summed E-state index contributed by atoms with van der Waals surface area (Å²) in [4.78, 5) is 12.0. The predicted octanol–water partition coefficient (Wildman–Crippen LogP) is 2.78. The Balaban J connectivity index is 1.90. The average molecular weight is 319 g/mol. The third-order valence-corrected chi connectivity index (χ3v) is 4.93. The molecule has 0 unspecified atom stereocenters. The Bertz CT molecular complexity index is 661. The fraction of sp³-hybridized carbons (Fsp3) is 0.235. The first-order chi connectivity index (χ1) is 10.6. The Labute approximate surface area is 132 Å². The predicted molar refractivity (Wildman–Crippen MR) is 86.0 cm³/mol. The number of benzene rings is 2. The number of nitrogens with one attached hydrogen (secondary N) is 1. The number of halogens is 1. The van der Waals surface area contributed by atoms with Gasteiger partial charge in [0, 0.05) is 22.9 Å². The van der Waals surface area contributed by atoms with Gasteiger partial charge in [0.15, 0.2) is 0 Å². The van der Waals surface area contributed by atoms with Crippen LogP contribution in [0, 0.1) is 5.82 Å². The molecule has 0 aliphatic rings. The van der Waals surface area contributed by atoms with Gasteiger partial charge in [0.2, 0.25) is 5.91 Å². The van der Waals surface area contributed by atoms with Crippen molar-refractivity contribution in [2.24, 2.45) is 0 Å². The van der Waals surface area contributed by atoms with Gasteiger partial charge in [-0.2, -0.15) is 0 Å². The summed E-state index contributed by atoms with van der Waals surface area (Å²) in [6.45, 7) is 1.98. The lowest BCUT2D eigenvalue weighted by Crippen LogP contribution is -2.35. The Hall–Kier alpha value is -2.01. The molecule has 22 heavy (non-hydrogen) atoms. The number of carbonyl (C=O) groups is 1. The van der Waals surface area contributed by atoms with Gasteiger partial charge in [0.1, 0.15) is 11.1 Å². The van der Waals surface area contributed by atoms with Crippen molar-refractivity contribution in [3.05, 3.63) is 71.5 Å². The molecule has 0 radical (unpaired) electrons. The monoisotopic (exact) mass is 319 g/mol. The topological polar surface area (TPSA) is 46.2 Å². The van der Waals surface area contributed by atoms with Crippen molar-refractivity contribution in [1.82, 2.24) is 5.32 Å². The highest BCUT2D eigenvalue weighted by molar-refractivity contribution is 7.85. The van der Waals surface area contributed by atoms with Crippen LogP contribution in [0.1, 0.15) is 18.1 Å². The normalized spacial score (nSPS) is 13.4. The van der Waals surface area contributed by atoms with Crippen molar-refractivity contribution in [1.29, 1.82) is 0 Å². The Morgan fingerprint density at radius 2 is 1.77 bits per heavy atom. The lowest BCUT2D eigenvalue weighted by atomic mass is 10.2. The molecule has 2 aromatic carbocycles. The van der Waals surface area contributed by atoms with Crippen molar-refractivity contribution in [2.45, 2.75) is 24.5 Å². The fourth-order valence-electron chi connectivity index (χ4n) is 1.94. The van der Waals surface area contributed by atoms with Crippen LogP contribution < -0.4 is 5.32 Å². The van der Waals surface area contributed by atoms with E-state index in [0.717, 1.165) is 5.56 Å². The SMILES string of the molecule is C[C@@H](C(=O)NCc1ccccc1)[S@](=O)Cc1ccccc1F. The molecule has 5 heteroatoms. The molecule has 0 saturated carbocycles. The maximum absolute atomic E-state index is 13.5. The summed E-state index contributed by atoms with van der Waals surface area (Å²) in [5.41, 5.74) is 1.34. The second-order valence-corrected chi connectivity index (χ2v) is 6.72. The van der Waals surface area contributed by atoms with Crippen LogP contribution in [-0.4, -0.2) is 15.4 Å². The summed E-state index contributed by atoms with van der Waals surface area (Å²) < 4.78 is 25.7. The zero-order chi connectivity index (χ0) is 15.9. The molecule has 1 N–H and O–H groups in total. The summed E-state index contributed by atoms with van der Waals surface area (Å²) in [5, 5.41) is 2.06. The second-order valence-electron chi connectivity index (χ2n) is 4.96. The van der Waals surface area contributed by atoms with E-state index in [-0.39, 0.29) is 11.7 Å². The van der Waals surface area contributed by atoms with Gasteiger partial charge < -0.3 is 5.32 Å². The van der Waals surface area contributed by atoms with Crippen LogP contribution in [0.4, 0.5) is 4.39 Å². The van der Waals surface area contributed by atoms with Crippen LogP contribution in [0.15, 0.2) is 54.6 Å². The minimum atomic E-state index is -1.47. The van der Waals surface area contributed by atoms with Crippen molar-refractivity contribution >= 4 is 16.7 Å². The maximum atomic E-state index is 13.5. The molecule has 1 amide bonds. The zero-order valence-corrected chi connectivity index (χ0v) is 13.1. The highest BCUT2D eigenvalue weighted by atomic mass is 32.2. The van der Waals surface area contributed by atoms with Crippen molar-refractivity contribution in [2.75, 3.05) is 0 Å². The number of carbonyl (C=O) groups excluding carboxylic acids is 1. The number of amides is 1. The minimum absolute atomic E-state index is 0.0343. The molecule has 116 valence electrons. The number of hydrogen-bond donors (Lipinski definition) is 1. The highest BCUT2D eigenvalue weighted by Crippen LogP contribution is 2.12. The first-order valence-corrected chi connectivity index (χ1v) is 8.38. The second kappa shape index (κ2) is 7.84. The van der Waals surface area contributed by atoms with Crippen LogP contribution in [-0.2, 0) is 27.9 Å². The summed E-state index contributed by atoms with van der Waals surface area (Å²) in [5.74, 6) is -0.654. The van der Waals surface area contributed by atoms with Gasteiger partial charge in [0.05, 0.1) is 5.75 Å². The summed E-state index contributed by atoms with van der Waals surface area (Å²) in [6, 6.07) is 15.7. The summed E-state index contributed by atoms with van der Waals surface area (Å²) >= 11 is 0. The summed E-state index contributed by atoms with van der Waals surface area (Å²) in [6.07, 6.45) is 0. The van der Waals surface area contributed by atoms with Crippen LogP contribution >= 0.6 is 0 Å². The smallest absolute Gasteiger partial charge is 0.235 e. The van der Waals surface area contributed by atoms with Crippen LogP contribution in [0.3, 0.4) is 0 Å². The maximum Gasteiger partial charge on any atom is 0.235 e. The number of hydrogen-bond acceptors (Lipinski definition) is 2. The van der Waals surface area contributed by atoms with Crippen molar-refractivity contribution in [3.63, 3.8) is 0 Å². The molecule has 0 saturated heterocycles. The molecule has 0 bridgehead atoms. The molecule has 2 rings (SSSR count). The molecule has 0 heterocycles. The molecule has 0 aromatic heterocycles. The molecule has 0 aliphatic carbocycles. The van der Waals surface area contributed by atoms with E-state index in [1.165, 1.54) is 6.07 Å². The Morgan fingerprint density at radius 1 is 1.14 bits per heavy atom. The van der Waals surface area contributed by atoms with E-state index in [9.17, 15) is 13.4 Å². The van der Waals surface area contributed by atoms with E-state index in [1.807, 2.05) is 30.3 Å². The van der Waals surface area contributed by atoms with Gasteiger partial charge >= 0.3 is 0 Å². The van der Waals surface area contributed by atoms with E-state index in [4.69, 9.17) is 0 Å². The van der Waals surface area contributed by atoms with E-state index in [0.29, 0.717) is 12.1 Å². The van der Waals surface area contributed by atoms with Gasteiger partial charge in [0.25, 0.3) is 0 Å². The molecular formula is C17H18FNO2S. The summed E-state index contributed by atoms with van der Waals surface area (Å²) in [7, 11) is -1.47. The minimum Gasteiger partial charge on any atom is -0.351 e. The van der Waals surface area contributed by atoms with Crippen molar-refractivity contribution < 1.29 is 13.4 Å². The Morgan fingerprint density at radius 3 is 2.45 bits per heavy atom. The van der Waals surface area contributed by atoms with E-state index in [1.54, 1.807) is 25.1 Å². The van der Waals surface area contributed by atoms with E-state index < -0.39 is 21.9 Å². The first kappa shape index (κ1) is 16.4. The molecule has 0 fully saturated rings. The third-order valence-electron chi connectivity index (χ3n) is 3.33. The highest BCUT2D eigenvalue weighted by Gasteiger charge is 2.20. The van der Waals surface area contributed by atoms with Gasteiger partial charge in [-0.3, -0.25) is 9.00 Å². The van der Waals surface area contributed by atoms with Crippen LogP contribution in [0.5, 0.6) is 0 Å². The first-order valence-electron chi connectivity index (χ1n) is 7.00. The van der Waals surface area contributed by atoms with Gasteiger partial charge in [-0.1, -0.05) is 48.5 Å². The van der Waals surface area contributed by atoms with Crippen LogP contribution in [0.2, 0.25) is 0 Å². The lowest BCUT2D eigenvalue weighted by molar-refractivity contribution is -0.120. The number of rotatable bonds is 6. The Kier molecular flexibility index (Phi) is 5.83. The van der Waals surface area contributed by atoms with Gasteiger partial charge in [-0.25, -0.2) is 4.39 Å². The van der Waals surface area contributed by atoms with Gasteiger partial charge in [-0.05, 0) is 18.6 Å². The largest absolute Gasteiger partial charge is 0.351 e. The molecule has 0 spiro atoms. The molecule has 3 nitrogen and oxygen atoms in total. The zero-order valence-electron chi connectivity index (χ0n) is 12.3. The van der Waals surface area contributed by atoms with E-state index >= 15 is 0 Å². The van der Waals surface area contributed by atoms with Gasteiger partial charge in [-0.15, -0.1) is 0 Å². The van der Waals surface area contributed by atoms with Crippen molar-refractivity contribution in [3.8, 4) is 0 Å². The fourth-order valence-corrected chi connectivity index (χ4v) is 3.05. The quantitative estimate of drug-likeness (QED) is 0.890. The molecule has 0 aliphatic heterocycles. The van der Waals surface area contributed by atoms with Crippen LogP contribution in [0.25, 0.3) is 0 Å². The molecule has 2 atom stereocenters. The molecular weight excluding hydrogens is 301 g/mol. The van der Waals surface area contributed by atoms with E-state index in [2.05, 4.69) is 5.32 Å². The standard InChI is InChI=1S/C17H18FNO2S/c1-13(17(20)19-11-14-7-3-2-4-8-14)22(21)12-15-9-5-6-10-16(15)18/h2-10,13H,11-12H2,1H3,(H,19,20)/t13-,22+/m0/s1. The lowest BCUT2D eigenvalue weighted by Gasteiger charge is -2.12. The molecule has 2 aromatic rings. The average Bonchev–Trinajstić information content (AvgIpc) is 2.55.